The van der Waals surface area contributed by atoms with E-state index in [2.05, 4.69) is 0 Å². The fraction of sp³-hybridized carbons (Fsp3) is 0.562. The standard InChI is InChI=1S/C16H21NO4S/c1-22(19,20)15-6-2-13(3-7-15)16(18)17(14-4-5-14)10-12-8-9-21-11-12/h2-3,6-7,12,14H,4-5,8-11H2,1H3/t12-/m1/s1. The largest absolute Gasteiger partial charge is 0.381 e. The van der Waals surface area contributed by atoms with E-state index in [4.69, 9.17) is 4.74 Å². The molecule has 2 fully saturated rings. The minimum Gasteiger partial charge on any atom is -0.381 e. The molecule has 0 radical (unpaired) electrons. The molecular formula is C16H21NO4S. The van der Waals surface area contributed by atoms with Crippen molar-refractivity contribution < 1.29 is 17.9 Å². The normalized spacial score (nSPS) is 21.8. The lowest BCUT2D eigenvalue weighted by Crippen LogP contribution is -2.37. The molecular weight excluding hydrogens is 302 g/mol. The fourth-order valence-corrected chi connectivity index (χ4v) is 3.43. The second-order valence-corrected chi connectivity index (χ2v) is 8.23. The summed E-state index contributed by atoms with van der Waals surface area (Å²) >= 11 is 0. The van der Waals surface area contributed by atoms with Gasteiger partial charge in [-0.2, -0.15) is 0 Å². The van der Waals surface area contributed by atoms with Gasteiger partial charge in [-0.25, -0.2) is 8.42 Å². The first kappa shape index (κ1) is 15.5. The number of carbonyl (C=O) groups excluding carboxylic acids is 1. The number of hydrogen-bond donors (Lipinski definition) is 0. The molecule has 1 aliphatic carbocycles. The number of carbonyl (C=O) groups is 1. The van der Waals surface area contributed by atoms with Crippen molar-refractivity contribution in [2.75, 3.05) is 26.0 Å². The highest BCUT2D eigenvalue weighted by Gasteiger charge is 2.35. The smallest absolute Gasteiger partial charge is 0.254 e. The topological polar surface area (TPSA) is 63.7 Å². The molecule has 0 bridgehead atoms. The van der Waals surface area contributed by atoms with E-state index in [1.807, 2.05) is 4.90 Å². The number of amides is 1. The summed E-state index contributed by atoms with van der Waals surface area (Å²) in [6.07, 6.45) is 4.28. The average molecular weight is 323 g/mol. The number of benzene rings is 1. The van der Waals surface area contributed by atoms with Crippen LogP contribution in [0.15, 0.2) is 29.2 Å². The molecule has 0 aromatic heterocycles. The molecule has 1 saturated carbocycles. The summed E-state index contributed by atoms with van der Waals surface area (Å²) in [5.74, 6) is 0.411. The Bertz CT molecular complexity index is 643. The van der Waals surface area contributed by atoms with Crippen LogP contribution in [0.1, 0.15) is 29.6 Å². The highest BCUT2D eigenvalue weighted by molar-refractivity contribution is 7.90. The Morgan fingerprint density at radius 2 is 1.91 bits per heavy atom. The van der Waals surface area contributed by atoms with Gasteiger partial charge in [0.25, 0.3) is 5.91 Å². The van der Waals surface area contributed by atoms with E-state index in [0.717, 1.165) is 39.0 Å². The van der Waals surface area contributed by atoms with Crippen molar-refractivity contribution in [1.82, 2.24) is 4.90 Å². The van der Waals surface area contributed by atoms with Crippen molar-refractivity contribution in [3.63, 3.8) is 0 Å². The average Bonchev–Trinajstić information content (AvgIpc) is 3.20. The summed E-state index contributed by atoms with van der Waals surface area (Å²) in [5, 5.41) is 0. The zero-order valence-corrected chi connectivity index (χ0v) is 13.5. The van der Waals surface area contributed by atoms with Gasteiger partial charge in [-0.15, -0.1) is 0 Å². The quantitative estimate of drug-likeness (QED) is 0.828. The van der Waals surface area contributed by atoms with Crippen LogP contribution in [0, 0.1) is 5.92 Å². The van der Waals surface area contributed by atoms with Crippen LogP contribution in [-0.4, -0.2) is 51.3 Å². The van der Waals surface area contributed by atoms with Crippen LogP contribution in [0.4, 0.5) is 0 Å². The van der Waals surface area contributed by atoms with Crippen molar-refractivity contribution in [3.8, 4) is 0 Å². The van der Waals surface area contributed by atoms with Gasteiger partial charge in [-0.05, 0) is 43.5 Å². The van der Waals surface area contributed by atoms with E-state index in [-0.39, 0.29) is 10.8 Å². The first-order chi connectivity index (χ1) is 10.4. The van der Waals surface area contributed by atoms with Gasteiger partial charge in [0.1, 0.15) is 0 Å². The van der Waals surface area contributed by atoms with E-state index in [1.54, 1.807) is 12.1 Å². The first-order valence-corrected chi connectivity index (χ1v) is 9.53. The SMILES string of the molecule is CS(=O)(=O)c1ccc(C(=O)N(C[C@H]2CCOC2)C2CC2)cc1. The van der Waals surface area contributed by atoms with Gasteiger partial charge in [0, 0.05) is 36.9 Å². The predicted octanol–water partition coefficient (Wildman–Crippen LogP) is 1.73. The van der Waals surface area contributed by atoms with Crippen LogP contribution in [0.25, 0.3) is 0 Å². The van der Waals surface area contributed by atoms with Crippen molar-refractivity contribution in [2.45, 2.75) is 30.2 Å². The molecule has 5 nitrogen and oxygen atoms in total. The van der Waals surface area contributed by atoms with Gasteiger partial charge in [0.15, 0.2) is 9.84 Å². The number of hydrogen-bond acceptors (Lipinski definition) is 4. The van der Waals surface area contributed by atoms with Gasteiger partial charge in [-0.1, -0.05) is 0 Å². The number of ether oxygens (including phenoxy) is 1. The molecule has 1 aromatic carbocycles. The van der Waals surface area contributed by atoms with E-state index in [0.29, 0.717) is 17.5 Å². The molecule has 2 aliphatic rings. The Morgan fingerprint density at radius 1 is 1.23 bits per heavy atom. The van der Waals surface area contributed by atoms with Gasteiger partial charge >= 0.3 is 0 Å². The molecule has 1 saturated heterocycles. The molecule has 1 aliphatic heterocycles. The van der Waals surface area contributed by atoms with E-state index in [9.17, 15) is 13.2 Å². The molecule has 3 rings (SSSR count). The third kappa shape index (κ3) is 3.50. The summed E-state index contributed by atoms with van der Waals surface area (Å²) in [6, 6.07) is 6.57. The zero-order chi connectivity index (χ0) is 15.7. The van der Waals surface area contributed by atoms with Crippen LogP contribution >= 0.6 is 0 Å². The molecule has 6 heteroatoms. The van der Waals surface area contributed by atoms with Crippen LogP contribution in [0.2, 0.25) is 0 Å². The third-order valence-corrected chi connectivity index (χ3v) is 5.39. The van der Waals surface area contributed by atoms with Crippen LogP contribution in [0.3, 0.4) is 0 Å². The van der Waals surface area contributed by atoms with Crippen LogP contribution in [0.5, 0.6) is 0 Å². The number of nitrogens with zero attached hydrogens (tertiary/aromatic N) is 1. The predicted molar refractivity (Wildman–Crippen MR) is 82.5 cm³/mol. The van der Waals surface area contributed by atoms with Gasteiger partial charge in [-0.3, -0.25) is 4.79 Å². The Kier molecular flexibility index (Phi) is 4.23. The molecule has 0 N–H and O–H groups in total. The summed E-state index contributed by atoms with van der Waals surface area (Å²) in [6.45, 7) is 2.24. The Labute approximate surface area is 131 Å². The van der Waals surface area contributed by atoms with Gasteiger partial charge < -0.3 is 9.64 Å². The minimum atomic E-state index is -3.23. The highest BCUT2D eigenvalue weighted by Crippen LogP contribution is 2.30. The Hall–Kier alpha value is -1.40. The van der Waals surface area contributed by atoms with E-state index < -0.39 is 9.84 Å². The zero-order valence-electron chi connectivity index (χ0n) is 12.7. The second kappa shape index (κ2) is 6.01. The van der Waals surface area contributed by atoms with E-state index >= 15 is 0 Å². The van der Waals surface area contributed by atoms with Gasteiger partial charge in [0.2, 0.25) is 0 Å². The van der Waals surface area contributed by atoms with Crippen molar-refractivity contribution in [1.29, 1.82) is 0 Å². The molecule has 0 spiro atoms. The molecule has 1 aromatic rings. The maximum Gasteiger partial charge on any atom is 0.254 e. The third-order valence-electron chi connectivity index (χ3n) is 4.26. The molecule has 120 valence electrons. The van der Waals surface area contributed by atoms with Crippen molar-refractivity contribution in [2.24, 2.45) is 5.92 Å². The Morgan fingerprint density at radius 3 is 2.41 bits per heavy atom. The summed E-state index contributed by atoms with van der Waals surface area (Å²) < 4.78 is 28.4. The lowest BCUT2D eigenvalue weighted by Gasteiger charge is -2.25. The molecule has 1 amide bonds. The summed E-state index contributed by atoms with van der Waals surface area (Å²) in [7, 11) is -3.23. The Balaban J connectivity index is 1.75. The van der Waals surface area contributed by atoms with Gasteiger partial charge in [0.05, 0.1) is 11.5 Å². The fourth-order valence-electron chi connectivity index (χ4n) is 2.80. The van der Waals surface area contributed by atoms with Crippen molar-refractivity contribution >= 4 is 15.7 Å². The minimum absolute atomic E-state index is 0.00514. The van der Waals surface area contributed by atoms with Crippen LogP contribution < -0.4 is 0 Å². The molecule has 22 heavy (non-hydrogen) atoms. The highest BCUT2D eigenvalue weighted by atomic mass is 32.2. The summed E-state index contributed by atoms with van der Waals surface area (Å²) in [5.41, 5.74) is 0.554. The molecule has 1 atom stereocenters. The molecule has 1 heterocycles. The lowest BCUT2D eigenvalue weighted by molar-refractivity contribution is 0.0706. The van der Waals surface area contributed by atoms with Crippen LogP contribution in [-0.2, 0) is 14.6 Å². The number of sulfone groups is 1. The molecule has 0 unspecified atom stereocenters. The number of rotatable bonds is 5. The van der Waals surface area contributed by atoms with Crippen molar-refractivity contribution in [3.05, 3.63) is 29.8 Å². The summed E-state index contributed by atoms with van der Waals surface area (Å²) in [4.78, 5) is 14.9. The second-order valence-electron chi connectivity index (χ2n) is 6.21. The maximum absolute atomic E-state index is 12.7. The monoisotopic (exact) mass is 323 g/mol. The lowest BCUT2D eigenvalue weighted by atomic mass is 10.1. The first-order valence-electron chi connectivity index (χ1n) is 7.64. The van der Waals surface area contributed by atoms with E-state index in [1.165, 1.54) is 18.4 Å². The maximum atomic E-state index is 12.7.